The van der Waals surface area contributed by atoms with Gasteiger partial charge in [-0.3, -0.25) is 9.59 Å². The van der Waals surface area contributed by atoms with E-state index in [1.54, 1.807) is 52.0 Å². The van der Waals surface area contributed by atoms with Gasteiger partial charge in [0.2, 0.25) is 18.0 Å². The average Bonchev–Trinajstić information content (AvgIpc) is 3.00. The molecule has 44 heavy (non-hydrogen) atoms. The van der Waals surface area contributed by atoms with E-state index in [-0.39, 0.29) is 54.0 Å². The van der Waals surface area contributed by atoms with Crippen LogP contribution in [0, 0.1) is 12.3 Å². The minimum Gasteiger partial charge on any atom is -0.507 e. The van der Waals surface area contributed by atoms with Gasteiger partial charge >= 0.3 is 5.97 Å². The summed E-state index contributed by atoms with van der Waals surface area (Å²) in [5, 5.41) is 10.7. The van der Waals surface area contributed by atoms with Crippen molar-refractivity contribution >= 4 is 16.9 Å². The van der Waals surface area contributed by atoms with Gasteiger partial charge in [0, 0.05) is 5.56 Å². The Balaban J connectivity index is 1.56. The molecular formula is C36H34O8. The zero-order valence-corrected chi connectivity index (χ0v) is 25.1. The van der Waals surface area contributed by atoms with Gasteiger partial charge in [0.25, 0.3) is 0 Å². The summed E-state index contributed by atoms with van der Waals surface area (Å²) in [6, 6.07) is 27.3. The van der Waals surface area contributed by atoms with E-state index in [1.165, 1.54) is 6.07 Å². The van der Waals surface area contributed by atoms with E-state index in [1.807, 2.05) is 60.7 Å². The zero-order chi connectivity index (χ0) is 31.3. The van der Waals surface area contributed by atoms with Gasteiger partial charge in [-0.1, -0.05) is 60.7 Å². The summed E-state index contributed by atoms with van der Waals surface area (Å²) in [4.78, 5) is 26.1. The Bertz CT molecular complexity index is 1820. The number of phenolic OH excluding ortho intramolecular Hbond substituents is 1. The van der Waals surface area contributed by atoms with E-state index in [9.17, 15) is 14.7 Å². The largest absolute Gasteiger partial charge is 0.507 e. The van der Waals surface area contributed by atoms with Crippen LogP contribution in [0.25, 0.3) is 22.3 Å². The van der Waals surface area contributed by atoms with Gasteiger partial charge in [-0.15, -0.1) is 0 Å². The fourth-order valence-corrected chi connectivity index (χ4v) is 4.45. The summed E-state index contributed by atoms with van der Waals surface area (Å²) in [6.07, 6.45) is 0. The highest BCUT2D eigenvalue weighted by molar-refractivity contribution is 5.87. The highest BCUT2D eigenvalue weighted by Crippen LogP contribution is 2.39. The van der Waals surface area contributed by atoms with E-state index in [4.69, 9.17) is 23.4 Å². The summed E-state index contributed by atoms with van der Waals surface area (Å²) in [6.45, 7) is 7.07. The minimum atomic E-state index is -0.707. The van der Waals surface area contributed by atoms with E-state index in [0.717, 1.165) is 16.7 Å². The second kappa shape index (κ2) is 13.0. The number of rotatable bonds is 10. The molecule has 0 saturated carbocycles. The first-order valence-corrected chi connectivity index (χ1v) is 14.2. The standard InChI is InChI=1S/C36H34O8/c1-23-17-27(37)31-30(18-23)44-33(34(32(31)38)41-21-25-13-9-6-10-14-25)26-15-16-28(40-20-24-11-7-5-8-12-24)29(19-26)42-22-43-35(39)36(2,3)4/h5-19,37H,20-22H2,1-4H3. The van der Waals surface area contributed by atoms with E-state index in [0.29, 0.717) is 11.3 Å². The second-order valence-corrected chi connectivity index (χ2v) is 11.4. The van der Waals surface area contributed by atoms with Gasteiger partial charge in [-0.25, -0.2) is 0 Å². The molecule has 0 aliphatic heterocycles. The third-order valence-electron chi connectivity index (χ3n) is 6.76. The highest BCUT2D eigenvalue weighted by Gasteiger charge is 2.24. The maximum absolute atomic E-state index is 13.8. The maximum atomic E-state index is 13.8. The van der Waals surface area contributed by atoms with Crippen molar-refractivity contribution in [2.45, 2.75) is 40.9 Å². The zero-order valence-electron chi connectivity index (χ0n) is 25.1. The van der Waals surface area contributed by atoms with Crippen molar-refractivity contribution in [2.75, 3.05) is 6.79 Å². The quantitative estimate of drug-likeness (QED) is 0.131. The topological polar surface area (TPSA) is 104 Å². The molecule has 0 aliphatic rings. The minimum absolute atomic E-state index is 0.0239. The molecule has 226 valence electrons. The van der Waals surface area contributed by atoms with Gasteiger partial charge in [-0.05, 0) is 74.7 Å². The first-order valence-electron chi connectivity index (χ1n) is 14.2. The van der Waals surface area contributed by atoms with Crippen LogP contribution >= 0.6 is 0 Å². The molecule has 1 N–H and O–H groups in total. The monoisotopic (exact) mass is 594 g/mol. The fourth-order valence-electron chi connectivity index (χ4n) is 4.45. The van der Waals surface area contributed by atoms with Crippen molar-refractivity contribution in [3.63, 3.8) is 0 Å². The SMILES string of the molecule is Cc1cc(O)c2c(=O)c(OCc3ccccc3)c(-c3ccc(OCc4ccccc4)c(OCOC(=O)C(C)(C)C)c3)oc2c1. The number of benzene rings is 4. The normalized spacial score (nSPS) is 11.3. The first kappa shape index (κ1) is 30.2. The van der Waals surface area contributed by atoms with Crippen molar-refractivity contribution in [1.29, 1.82) is 0 Å². The number of esters is 1. The Morgan fingerprint density at radius 3 is 2.07 bits per heavy atom. The predicted molar refractivity (Wildman–Crippen MR) is 167 cm³/mol. The van der Waals surface area contributed by atoms with Crippen LogP contribution in [0.5, 0.6) is 23.0 Å². The van der Waals surface area contributed by atoms with Crippen LogP contribution in [0.4, 0.5) is 0 Å². The molecule has 8 heteroatoms. The second-order valence-electron chi connectivity index (χ2n) is 11.4. The third-order valence-corrected chi connectivity index (χ3v) is 6.76. The molecular weight excluding hydrogens is 560 g/mol. The Hall–Kier alpha value is -5.24. The molecule has 0 amide bonds. The number of carbonyl (C=O) groups is 1. The molecule has 0 spiro atoms. The smallest absolute Gasteiger partial charge is 0.314 e. The molecule has 0 bridgehead atoms. The highest BCUT2D eigenvalue weighted by atomic mass is 16.7. The molecule has 1 aromatic heterocycles. The summed E-state index contributed by atoms with van der Waals surface area (Å²) < 4.78 is 29.7. The molecule has 0 unspecified atom stereocenters. The summed E-state index contributed by atoms with van der Waals surface area (Å²) in [5.74, 6) is 0.127. The number of aromatic hydroxyl groups is 1. The number of aryl methyl sites for hydroxylation is 1. The number of ether oxygens (including phenoxy) is 4. The number of fused-ring (bicyclic) bond motifs is 1. The lowest BCUT2D eigenvalue weighted by molar-refractivity contribution is -0.159. The van der Waals surface area contributed by atoms with Crippen molar-refractivity contribution in [3.8, 4) is 34.3 Å². The van der Waals surface area contributed by atoms with Crippen LogP contribution in [0.1, 0.15) is 37.5 Å². The summed E-state index contributed by atoms with van der Waals surface area (Å²) in [5.41, 5.74) is 1.96. The maximum Gasteiger partial charge on any atom is 0.314 e. The average molecular weight is 595 g/mol. The number of phenols is 1. The van der Waals surface area contributed by atoms with E-state index < -0.39 is 16.8 Å². The molecule has 0 fully saturated rings. The molecule has 0 atom stereocenters. The summed E-state index contributed by atoms with van der Waals surface area (Å²) >= 11 is 0. The van der Waals surface area contributed by atoms with Crippen molar-refractivity contribution in [3.05, 3.63) is 118 Å². The van der Waals surface area contributed by atoms with Gasteiger partial charge < -0.3 is 28.5 Å². The van der Waals surface area contributed by atoms with Gasteiger partial charge in [-0.2, -0.15) is 0 Å². The Kier molecular flexibility index (Phi) is 8.90. The van der Waals surface area contributed by atoms with Crippen LogP contribution < -0.4 is 19.6 Å². The molecule has 0 saturated heterocycles. The van der Waals surface area contributed by atoms with Crippen LogP contribution in [0.3, 0.4) is 0 Å². The van der Waals surface area contributed by atoms with E-state index in [2.05, 4.69) is 0 Å². The molecule has 0 radical (unpaired) electrons. The Morgan fingerprint density at radius 2 is 1.43 bits per heavy atom. The van der Waals surface area contributed by atoms with Gasteiger partial charge in [0.05, 0.1) is 5.41 Å². The molecule has 0 aliphatic carbocycles. The fraction of sp³-hybridized carbons (Fsp3) is 0.222. The molecule has 5 rings (SSSR count). The molecule has 8 nitrogen and oxygen atoms in total. The van der Waals surface area contributed by atoms with Crippen molar-refractivity contribution in [1.82, 2.24) is 0 Å². The number of carbonyl (C=O) groups excluding carboxylic acids is 1. The van der Waals surface area contributed by atoms with Crippen molar-refractivity contribution in [2.24, 2.45) is 5.41 Å². The van der Waals surface area contributed by atoms with Gasteiger partial charge in [0.1, 0.15) is 29.9 Å². The number of hydrogen-bond acceptors (Lipinski definition) is 8. The van der Waals surface area contributed by atoms with Crippen LogP contribution in [-0.2, 0) is 22.7 Å². The Labute approximate surface area is 255 Å². The van der Waals surface area contributed by atoms with Crippen LogP contribution in [0.2, 0.25) is 0 Å². The predicted octanol–water partition coefficient (Wildman–Crippen LogP) is 7.56. The van der Waals surface area contributed by atoms with Gasteiger partial charge in [0.15, 0.2) is 17.3 Å². The lowest BCUT2D eigenvalue weighted by Gasteiger charge is -2.18. The molecule has 4 aromatic carbocycles. The van der Waals surface area contributed by atoms with Crippen molar-refractivity contribution < 1.29 is 33.3 Å². The lowest BCUT2D eigenvalue weighted by atomic mass is 9.98. The van der Waals surface area contributed by atoms with Crippen LogP contribution in [0.15, 0.2) is 100 Å². The summed E-state index contributed by atoms with van der Waals surface area (Å²) in [7, 11) is 0. The molecule has 5 aromatic rings. The third kappa shape index (κ3) is 7.03. The van der Waals surface area contributed by atoms with E-state index >= 15 is 0 Å². The lowest BCUT2D eigenvalue weighted by Crippen LogP contribution is -2.24. The number of hydrogen-bond donors (Lipinski definition) is 1. The first-order chi connectivity index (χ1) is 21.1. The van der Waals surface area contributed by atoms with Crippen LogP contribution in [-0.4, -0.2) is 17.9 Å². The molecule has 1 heterocycles. The Morgan fingerprint density at radius 1 is 0.795 bits per heavy atom.